The molecule has 2 aromatic rings. The van der Waals surface area contributed by atoms with Crippen LogP contribution in [0.5, 0.6) is 0 Å². The molecule has 2 aliphatic heterocycles. The Morgan fingerprint density at radius 1 is 1.23 bits per heavy atom. The fraction of sp³-hybridized carbons (Fsp3) is 0.273. The monoisotopic (exact) mass is 515 g/mol. The van der Waals surface area contributed by atoms with Gasteiger partial charge in [-0.1, -0.05) is 23.5 Å². The minimum atomic E-state index is -0.713. The smallest absolute Gasteiger partial charge is 0.338 e. The second-order valence-electron chi connectivity index (χ2n) is 7.29. The molecule has 0 radical (unpaired) electrons. The first kappa shape index (κ1) is 24.5. The first-order valence-electron chi connectivity index (χ1n) is 10.6. The van der Waals surface area contributed by atoms with E-state index in [4.69, 9.17) is 9.15 Å². The van der Waals surface area contributed by atoms with E-state index >= 15 is 0 Å². The minimum absolute atomic E-state index is 0.0973. The molecule has 0 aliphatic carbocycles. The van der Waals surface area contributed by atoms with E-state index in [2.05, 4.69) is 20.8 Å². The van der Waals surface area contributed by atoms with Gasteiger partial charge in [0.25, 0.3) is 5.24 Å². The Bertz CT molecular complexity index is 1180. The number of rotatable bonds is 8. The van der Waals surface area contributed by atoms with Crippen LogP contribution in [0.3, 0.4) is 0 Å². The van der Waals surface area contributed by atoms with Gasteiger partial charge in [0.15, 0.2) is 5.17 Å². The minimum Gasteiger partial charge on any atom is -0.467 e. The Balaban J connectivity index is 1.43. The van der Waals surface area contributed by atoms with Gasteiger partial charge in [0.2, 0.25) is 11.8 Å². The summed E-state index contributed by atoms with van der Waals surface area (Å²) < 4.78 is 10.3. The van der Waals surface area contributed by atoms with Crippen molar-refractivity contribution in [2.24, 2.45) is 10.2 Å². The van der Waals surface area contributed by atoms with Crippen LogP contribution in [0.2, 0.25) is 0 Å². The van der Waals surface area contributed by atoms with Crippen LogP contribution in [0.1, 0.15) is 29.5 Å². The summed E-state index contributed by atoms with van der Waals surface area (Å²) in [5.41, 5.74) is 0.861. The highest BCUT2D eigenvalue weighted by Gasteiger charge is 2.40. The molecule has 3 heterocycles. The van der Waals surface area contributed by atoms with Gasteiger partial charge < -0.3 is 19.8 Å². The average molecular weight is 516 g/mol. The molecular formula is C22H21N5O6S2. The first-order valence-corrected chi connectivity index (χ1v) is 12.4. The fourth-order valence-corrected chi connectivity index (χ4v) is 4.86. The number of ether oxygens (including phenoxy) is 1. The summed E-state index contributed by atoms with van der Waals surface area (Å²) in [5, 5.41) is 12.9. The molecule has 11 nitrogen and oxygen atoms in total. The van der Waals surface area contributed by atoms with E-state index in [1.807, 2.05) is 0 Å². The Morgan fingerprint density at radius 3 is 2.69 bits per heavy atom. The molecule has 1 aromatic carbocycles. The number of hydrogen-bond acceptors (Lipinski definition) is 10. The van der Waals surface area contributed by atoms with E-state index in [0.717, 1.165) is 23.5 Å². The zero-order chi connectivity index (χ0) is 24.8. The molecule has 0 saturated carbocycles. The van der Waals surface area contributed by atoms with Crippen molar-refractivity contribution in [2.75, 3.05) is 17.7 Å². The predicted molar refractivity (Wildman–Crippen MR) is 132 cm³/mol. The number of amides is 3. The van der Waals surface area contributed by atoms with E-state index in [-0.39, 0.29) is 36.6 Å². The largest absolute Gasteiger partial charge is 0.467 e. The number of benzene rings is 1. The van der Waals surface area contributed by atoms with Gasteiger partial charge in [0.1, 0.15) is 16.8 Å². The highest BCUT2D eigenvalue weighted by molar-refractivity contribution is 8.15. The van der Waals surface area contributed by atoms with Gasteiger partial charge in [-0.3, -0.25) is 19.3 Å². The van der Waals surface area contributed by atoms with Crippen LogP contribution in [0.15, 0.2) is 57.3 Å². The number of amidine groups is 2. The third kappa shape index (κ3) is 6.31. The van der Waals surface area contributed by atoms with Crippen LogP contribution in [0.25, 0.3) is 0 Å². The van der Waals surface area contributed by atoms with Crippen LogP contribution < -0.4 is 10.6 Å². The Hall–Kier alpha value is -3.58. The van der Waals surface area contributed by atoms with Gasteiger partial charge in [-0.15, -0.1) is 10.2 Å². The molecule has 2 aliphatic rings. The fourth-order valence-electron chi connectivity index (χ4n) is 3.19. The SMILES string of the molecule is CCOC(=O)c1ccc(NC(=O)C[C@H]2S/C(=N/N=C3\CSC(=O)N3)N(Cc3ccco3)C2=O)cc1. The molecule has 3 amide bonds. The number of esters is 1. The van der Waals surface area contributed by atoms with E-state index in [9.17, 15) is 19.2 Å². The molecule has 2 saturated heterocycles. The Kier molecular flexibility index (Phi) is 7.87. The maximum Gasteiger partial charge on any atom is 0.338 e. The normalized spacial score (nSPS) is 19.9. The van der Waals surface area contributed by atoms with Crippen molar-refractivity contribution in [3.63, 3.8) is 0 Å². The quantitative estimate of drug-likeness (QED) is 0.403. The highest BCUT2D eigenvalue weighted by Crippen LogP contribution is 2.31. The molecule has 0 bridgehead atoms. The molecule has 182 valence electrons. The topological polar surface area (TPSA) is 143 Å². The van der Waals surface area contributed by atoms with Crippen LogP contribution in [-0.2, 0) is 20.9 Å². The second-order valence-corrected chi connectivity index (χ2v) is 9.41. The molecule has 1 aromatic heterocycles. The molecule has 2 N–H and O–H groups in total. The van der Waals surface area contributed by atoms with E-state index in [1.165, 1.54) is 11.2 Å². The van der Waals surface area contributed by atoms with Gasteiger partial charge >= 0.3 is 5.97 Å². The third-order valence-corrected chi connectivity index (χ3v) is 6.75. The predicted octanol–water partition coefficient (Wildman–Crippen LogP) is 3.06. The van der Waals surface area contributed by atoms with Crippen molar-refractivity contribution in [3.05, 3.63) is 54.0 Å². The number of thioether (sulfide) groups is 2. The zero-order valence-electron chi connectivity index (χ0n) is 18.6. The third-order valence-electron chi connectivity index (χ3n) is 4.81. The molecule has 2 fully saturated rings. The maximum absolute atomic E-state index is 13.1. The summed E-state index contributed by atoms with van der Waals surface area (Å²) >= 11 is 2.20. The average Bonchev–Trinajstić information content (AvgIpc) is 3.57. The Labute approximate surface area is 208 Å². The summed E-state index contributed by atoms with van der Waals surface area (Å²) in [6.45, 7) is 2.13. The lowest BCUT2D eigenvalue weighted by molar-refractivity contribution is -0.128. The summed E-state index contributed by atoms with van der Waals surface area (Å²) in [4.78, 5) is 50.3. The molecule has 0 spiro atoms. The molecule has 35 heavy (non-hydrogen) atoms. The van der Waals surface area contributed by atoms with Crippen LogP contribution >= 0.6 is 23.5 Å². The number of nitrogens with one attached hydrogen (secondary N) is 2. The van der Waals surface area contributed by atoms with Gasteiger partial charge in [0, 0.05) is 12.1 Å². The summed E-state index contributed by atoms with van der Waals surface area (Å²) in [6, 6.07) is 9.73. The standard InChI is InChI=1S/C22H21N5O6S2/c1-2-32-20(30)13-5-7-14(8-6-13)23-18(28)10-16-19(29)27(11-15-4-3-9-33-15)21(35-16)26-25-17-12-34-22(31)24-17/h3-9,16H,2,10-12H2,1H3,(H,23,28)(H,24,25,31)/b26-21+/t16-/m1/s1. The number of furan rings is 1. The van der Waals surface area contributed by atoms with Crippen molar-refractivity contribution in [1.82, 2.24) is 10.2 Å². The number of carbonyl (C=O) groups excluding carboxylic acids is 4. The van der Waals surface area contributed by atoms with Crippen molar-refractivity contribution in [1.29, 1.82) is 0 Å². The molecule has 0 unspecified atom stereocenters. The van der Waals surface area contributed by atoms with Crippen molar-refractivity contribution >= 4 is 63.2 Å². The zero-order valence-corrected chi connectivity index (χ0v) is 20.2. The van der Waals surface area contributed by atoms with Crippen LogP contribution in [-0.4, -0.2) is 56.5 Å². The van der Waals surface area contributed by atoms with Crippen molar-refractivity contribution < 1.29 is 28.3 Å². The number of nitrogens with zero attached hydrogens (tertiary/aromatic N) is 3. The molecular weight excluding hydrogens is 494 g/mol. The van der Waals surface area contributed by atoms with E-state index in [1.54, 1.807) is 43.3 Å². The van der Waals surface area contributed by atoms with Gasteiger partial charge in [-0.25, -0.2) is 4.79 Å². The van der Waals surface area contributed by atoms with Crippen molar-refractivity contribution in [3.8, 4) is 0 Å². The Morgan fingerprint density at radius 2 is 2.03 bits per heavy atom. The lowest BCUT2D eigenvalue weighted by Crippen LogP contribution is -2.33. The van der Waals surface area contributed by atoms with Gasteiger partial charge in [0.05, 0.1) is 30.7 Å². The molecule has 1 atom stereocenters. The van der Waals surface area contributed by atoms with E-state index < -0.39 is 11.2 Å². The molecule has 4 rings (SSSR count). The number of hydrogen-bond donors (Lipinski definition) is 2. The van der Waals surface area contributed by atoms with Gasteiger partial charge in [-0.05, 0) is 43.3 Å². The van der Waals surface area contributed by atoms with E-state index in [0.29, 0.717) is 33.8 Å². The van der Waals surface area contributed by atoms with Crippen LogP contribution in [0, 0.1) is 0 Å². The maximum atomic E-state index is 13.1. The van der Waals surface area contributed by atoms with Gasteiger partial charge in [-0.2, -0.15) is 0 Å². The van der Waals surface area contributed by atoms with Crippen molar-refractivity contribution in [2.45, 2.75) is 25.1 Å². The lowest BCUT2D eigenvalue weighted by Gasteiger charge is -2.14. The summed E-state index contributed by atoms with van der Waals surface area (Å²) in [5.74, 6) is 0.198. The molecule has 13 heteroatoms. The number of anilines is 1. The first-order chi connectivity index (χ1) is 16.9. The highest BCUT2D eigenvalue weighted by atomic mass is 32.2. The number of carbonyl (C=O) groups is 4. The second kappa shape index (κ2) is 11.2. The van der Waals surface area contributed by atoms with Crippen LogP contribution in [0.4, 0.5) is 10.5 Å². The summed E-state index contributed by atoms with van der Waals surface area (Å²) in [7, 11) is 0. The lowest BCUT2D eigenvalue weighted by atomic mass is 10.2. The summed E-state index contributed by atoms with van der Waals surface area (Å²) in [6.07, 6.45) is 1.41.